The van der Waals surface area contributed by atoms with Crippen molar-refractivity contribution in [2.24, 2.45) is 0 Å². The Morgan fingerprint density at radius 1 is 1.46 bits per heavy atom. The van der Waals surface area contributed by atoms with Gasteiger partial charge in [0.15, 0.2) is 0 Å². The second-order valence-electron chi connectivity index (χ2n) is 2.85. The van der Waals surface area contributed by atoms with Gasteiger partial charge in [-0.05, 0) is 43.1 Å². The van der Waals surface area contributed by atoms with Gasteiger partial charge in [-0.2, -0.15) is 0 Å². The maximum atomic E-state index is 8.47. The molecule has 1 aromatic rings. The first-order valence-corrected chi connectivity index (χ1v) is 5.23. The summed E-state index contributed by atoms with van der Waals surface area (Å²) < 4.78 is 13.9. The first kappa shape index (κ1) is 10.4. The molecule has 1 rings (SSSR count). The fourth-order valence-electron chi connectivity index (χ4n) is 1.02. The second-order valence-corrected chi connectivity index (χ2v) is 3.52. The first-order valence-electron chi connectivity index (χ1n) is 4.29. The molecule has 1 N–H and O–H groups in total. The zero-order chi connectivity index (χ0) is 9.52. The van der Waals surface area contributed by atoms with Gasteiger partial charge in [0.1, 0.15) is 5.75 Å². The Morgan fingerprint density at radius 2 is 2.31 bits per heavy atom. The SMILES string of the molecule is Cc1cccc(OCCCSO)c1. The Balaban J connectivity index is 2.28. The Labute approximate surface area is 83.1 Å². The van der Waals surface area contributed by atoms with E-state index in [1.54, 1.807) is 0 Å². The fraction of sp³-hybridized carbons (Fsp3) is 0.400. The summed E-state index contributed by atoms with van der Waals surface area (Å²) >= 11 is 0.860. The topological polar surface area (TPSA) is 29.5 Å². The molecule has 0 spiro atoms. The minimum atomic E-state index is 0.664. The lowest BCUT2D eigenvalue weighted by Gasteiger charge is -2.05. The second kappa shape index (κ2) is 5.89. The highest BCUT2D eigenvalue weighted by molar-refractivity contribution is 7.93. The van der Waals surface area contributed by atoms with Crippen molar-refractivity contribution in [3.05, 3.63) is 29.8 Å². The van der Waals surface area contributed by atoms with Crippen LogP contribution in [0, 0.1) is 6.92 Å². The summed E-state index contributed by atoms with van der Waals surface area (Å²) in [4.78, 5) is 0. The van der Waals surface area contributed by atoms with E-state index in [1.807, 2.05) is 31.2 Å². The molecule has 13 heavy (non-hydrogen) atoms. The third kappa shape index (κ3) is 4.20. The van der Waals surface area contributed by atoms with Crippen LogP contribution in [0.1, 0.15) is 12.0 Å². The van der Waals surface area contributed by atoms with Crippen LogP contribution < -0.4 is 4.74 Å². The molecule has 0 fully saturated rings. The van der Waals surface area contributed by atoms with Crippen LogP contribution in [-0.2, 0) is 0 Å². The summed E-state index contributed by atoms with van der Waals surface area (Å²) in [5, 5.41) is 0. The smallest absolute Gasteiger partial charge is 0.119 e. The number of hydrogen-bond acceptors (Lipinski definition) is 3. The van der Waals surface area contributed by atoms with Gasteiger partial charge in [0, 0.05) is 5.75 Å². The lowest BCUT2D eigenvalue weighted by molar-refractivity contribution is 0.318. The molecule has 0 radical (unpaired) electrons. The molecular weight excluding hydrogens is 184 g/mol. The van der Waals surface area contributed by atoms with E-state index in [0.29, 0.717) is 6.61 Å². The van der Waals surface area contributed by atoms with E-state index >= 15 is 0 Å². The average molecular weight is 198 g/mol. The predicted molar refractivity (Wildman–Crippen MR) is 56.4 cm³/mol. The third-order valence-corrected chi connectivity index (χ3v) is 2.11. The van der Waals surface area contributed by atoms with Crippen molar-refractivity contribution in [1.29, 1.82) is 0 Å². The van der Waals surface area contributed by atoms with E-state index < -0.39 is 0 Å². The molecule has 0 aliphatic heterocycles. The molecule has 3 heteroatoms. The number of hydrogen-bond donors (Lipinski definition) is 1. The van der Waals surface area contributed by atoms with Crippen LogP contribution in [0.15, 0.2) is 24.3 Å². The molecule has 0 amide bonds. The van der Waals surface area contributed by atoms with Crippen molar-refractivity contribution in [1.82, 2.24) is 0 Å². The molecule has 0 bridgehead atoms. The highest BCUT2D eigenvalue weighted by Gasteiger charge is 1.93. The summed E-state index contributed by atoms with van der Waals surface area (Å²) in [7, 11) is 0. The van der Waals surface area contributed by atoms with Crippen LogP contribution in [0.5, 0.6) is 5.75 Å². The number of benzene rings is 1. The average Bonchev–Trinajstić information content (AvgIpc) is 2.13. The van der Waals surface area contributed by atoms with Crippen molar-refractivity contribution in [3.63, 3.8) is 0 Å². The molecule has 2 nitrogen and oxygen atoms in total. The largest absolute Gasteiger partial charge is 0.494 e. The number of ether oxygens (including phenoxy) is 1. The Bertz CT molecular complexity index is 250. The summed E-state index contributed by atoms with van der Waals surface area (Å²) in [6.07, 6.45) is 0.870. The van der Waals surface area contributed by atoms with Gasteiger partial charge in [-0.1, -0.05) is 12.1 Å². The van der Waals surface area contributed by atoms with Gasteiger partial charge in [-0.3, -0.25) is 0 Å². The maximum absolute atomic E-state index is 8.47. The van der Waals surface area contributed by atoms with Crippen molar-refractivity contribution < 1.29 is 9.29 Å². The zero-order valence-corrected chi connectivity index (χ0v) is 8.51. The zero-order valence-electron chi connectivity index (χ0n) is 7.69. The Kier molecular flexibility index (Phi) is 4.72. The van der Waals surface area contributed by atoms with E-state index in [0.717, 1.165) is 30.0 Å². The fourth-order valence-corrected chi connectivity index (χ4v) is 1.27. The Hall–Kier alpha value is -0.670. The molecule has 72 valence electrons. The van der Waals surface area contributed by atoms with Gasteiger partial charge in [0.25, 0.3) is 0 Å². The first-order chi connectivity index (χ1) is 6.33. The minimum Gasteiger partial charge on any atom is -0.494 e. The van der Waals surface area contributed by atoms with Gasteiger partial charge < -0.3 is 9.29 Å². The van der Waals surface area contributed by atoms with Gasteiger partial charge in [-0.15, -0.1) is 0 Å². The summed E-state index contributed by atoms with van der Waals surface area (Å²) in [6.45, 7) is 2.70. The van der Waals surface area contributed by atoms with Crippen molar-refractivity contribution >= 4 is 12.0 Å². The van der Waals surface area contributed by atoms with E-state index in [9.17, 15) is 0 Å². The molecule has 0 aliphatic rings. The van der Waals surface area contributed by atoms with Crippen molar-refractivity contribution in [2.75, 3.05) is 12.4 Å². The molecule has 0 heterocycles. The molecule has 0 unspecified atom stereocenters. The van der Waals surface area contributed by atoms with Crippen LogP contribution in [0.2, 0.25) is 0 Å². The van der Waals surface area contributed by atoms with E-state index in [1.165, 1.54) is 5.56 Å². The summed E-state index contributed by atoms with van der Waals surface area (Å²) in [5.74, 6) is 1.63. The standard InChI is InChI=1S/C10H14O2S/c1-9-4-2-5-10(8-9)12-6-3-7-13-11/h2,4-5,8,11H,3,6-7H2,1H3. The van der Waals surface area contributed by atoms with Crippen LogP contribution in [0.25, 0.3) is 0 Å². The van der Waals surface area contributed by atoms with Crippen molar-refractivity contribution in [3.8, 4) is 5.75 Å². The predicted octanol–water partition coefficient (Wildman–Crippen LogP) is 2.97. The highest BCUT2D eigenvalue weighted by Crippen LogP contribution is 2.12. The van der Waals surface area contributed by atoms with Gasteiger partial charge in [0.2, 0.25) is 0 Å². The third-order valence-electron chi connectivity index (χ3n) is 1.64. The molecular formula is C10H14O2S. The quantitative estimate of drug-likeness (QED) is 0.582. The van der Waals surface area contributed by atoms with E-state index in [-0.39, 0.29) is 0 Å². The van der Waals surface area contributed by atoms with Gasteiger partial charge in [0.05, 0.1) is 6.61 Å². The normalized spacial score (nSPS) is 10.0. The Morgan fingerprint density at radius 3 is 3.00 bits per heavy atom. The summed E-state index contributed by atoms with van der Waals surface area (Å²) in [6, 6.07) is 7.97. The van der Waals surface area contributed by atoms with E-state index in [4.69, 9.17) is 9.29 Å². The van der Waals surface area contributed by atoms with Crippen LogP contribution in [0.4, 0.5) is 0 Å². The lowest BCUT2D eigenvalue weighted by atomic mass is 10.2. The highest BCUT2D eigenvalue weighted by atomic mass is 32.2. The lowest BCUT2D eigenvalue weighted by Crippen LogP contribution is -1.98. The summed E-state index contributed by atoms with van der Waals surface area (Å²) in [5.41, 5.74) is 1.20. The molecule has 0 atom stereocenters. The van der Waals surface area contributed by atoms with Crippen LogP contribution in [-0.4, -0.2) is 16.9 Å². The van der Waals surface area contributed by atoms with Gasteiger partial charge in [-0.25, -0.2) is 0 Å². The molecule has 0 saturated carbocycles. The number of aryl methyl sites for hydroxylation is 1. The maximum Gasteiger partial charge on any atom is 0.119 e. The van der Waals surface area contributed by atoms with Crippen molar-refractivity contribution in [2.45, 2.75) is 13.3 Å². The van der Waals surface area contributed by atoms with Crippen LogP contribution in [0.3, 0.4) is 0 Å². The van der Waals surface area contributed by atoms with Gasteiger partial charge >= 0.3 is 0 Å². The number of rotatable bonds is 5. The molecule has 1 aromatic carbocycles. The molecule has 0 aromatic heterocycles. The minimum absolute atomic E-state index is 0.664. The molecule has 0 saturated heterocycles. The monoisotopic (exact) mass is 198 g/mol. The van der Waals surface area contributed by atoms with E-state index in [2.05, 4.69) is 0 Å². The molecule has 0 aliphatic carbocycles. The van der Waals surface area contributed by atoms with Crippen LogP contribution >= 0.6 is 12.0 Å².